The molecule has 8 nitrogen and oxygen atoms in total. The molecule has 0 saturated heterocycles. The maximum Gasteiger partial charge on any atom is 0.237 e. The molecule has 1 aliphatic heterocycles. The molecule has 1 amide bonds. The molecule has 0 radical (unpaired) electrons. The van der Waals surface area contributed by atoms with Gasteiger partial charge in [-0.3, -0.25) is 4.79 Å². The third-order valence-electron chi connectivity index (χ3n) is 8.42. The molecule has 43 heavy (non-hydrogen) atoms. The van der Waals surface area contributed by atoms with Crippen molar-refractivity contribution < 1.29 is 17.6 Å². The van der Waals surface area contributed by atoms with Crippen LogP contribution in [0.2, 0.25) is 18.1 Å². The van der Waals surface area contributed by atoms with Gasteiger partial charge in [0.15, 0.2) is 18.2 Å². The van der Waals surface area contributed by atoms with E-state index in [2.05, 4.69) is 66.3 Å². The molecule has 0 bridgehead atoms. The number of nitrogens with one attached hydrogen (secondary N) is 2. The number of carbonyl (C=O) groups excluding carboxylic acids is 1. The Kier molecular flexibility index (Phi) is 7.71. The highest BCUT2D eigenvalue weighted by atomic mass is 32.2. The SMILES string of the molecule is CC1(CO[Si](C)(C)C(C)(C)C)C(=O)Nc2cc(C#Cc3nccc4cnc(Nc5ccc(S(C)(=O)=O)cc5)cc34)ccc21. The van der Waals surface area contributed by atoms with Crippen molar-refractivity contribution in [1.29, 1.82) is 0 Å². The zero-order valence-electron chi connectivity index (χ0n) is 25.5. The minimum atomic E-state index is -3.27. The molecule has 2 aromatic carbocycles. The second kappa shape index (κ2) is 10.9. The molecule has 0 spiro atoms. The fraction of sp³-hybridized carbons (Fsp3) is 0.303. The first-order chi connectivity index (χ1) is 20.1. The van der Waals surface area contributed by atoms with E-state index >= 15 is 0 Å². The van der Waals surface area contributed by atoms with Crippen molar-refractivity contribution >= 4 is 52.0 Å². The molecule has 0 saturated carbocycles. The number of fused-ring (bicyclic) bond motifs is 2. The maximum atomic E-state index is 13.1. The first-order valence-electron chi connectivity index (χ1n) is 14.0. The van der Waals surface area contributed by atoms with Gasteiger partial charge in [0, 0.05) is 46.4 Å². The Labute approximate surface area is 254 Å². The monoisotopic (exact) mass is 612 g/mol. The molecule has 0 aliphatic carbocycles. The Hall–Kier alpha value is -4.04. The summed E-state index contributed by atoms with van der Waals surface area (Å²) in [4.78, 5) is 22.4. The zero-order valence-corrected chi connectivity index (χ0v) is 27.3. The third-order valence-corrected chi connectivity index (χ3v) is 14.0. The maximum absolute atomic E-state index is 13.1. The third kappa shape index (κ3) is 6.20. The van der Waals surface area contributed by atoms with Gasteiger partial charge in [-0.05, 0) is 85.1 Å². The van der Waals surface area contributed by atoms with Gasteiger partial charge in [0.2, 0.25) is 5.91 Å². The summed E-state index contributed by atoms with van der Waals surface area (Å²) in [5, 5.41) is 8.01. The first-order valence-corrected chi connectivity index (χ1v) is 18.8. The highest BCUT2D eigenvalue weighted by Crippen LogP contribution is 2.42. The second-order valence-corrected chi connectivity index (χ2v) is 19.5. The van der Waals surface area contributed by atoms with Crippen molar-refractivity contribution in [2.24, 2.45) is 0 Å². The number of nitrogens with zero attached hydrogens (tertiary/aromatic N) is 2. The number of pyridine rings is 2. The van der Waals surface area contributed by atoms with Gasteiger partial charge in [-0.25, -0.2) is 18.4 Å². The number of hydrogen-bond acceptors (Lipinski definition) is 7. The molecule has 1 atom stereocenters. The standard InChI is InChI=1S/C33H36N4O4SSi/c1-32(2,3)43(6,7)41-21-33(4)27-14-8-22(18-29(27)37-31(33)38)9-15-28-26-19-30(35-20-23(26)16-17-34-28)36-24-10-12-25(13-11-24)42(5,39)40/h8,10-14,16-20H,21H2,1-7H3,(H,35,36)(H,37,38). The fourth-order valence-electron chi connectivity index (χ4n) is 4.57. The van der Waals surface area contributed by atoms with Crippen LogP contribution in [0, 0.1) is 11.8 Å². The van der Waals surface area contributed by atoms with Crippen LogP contribution in [0.15, 0.2) is 71.9 Å². The van der Waals surface area contributed by atoms with Gasteiger partial charge in [0.05, 0.1) is 16.9 Å². The number of benzene rings is 2. The van der Waals surface area contributed by atoms with E-state index < -0.39 is 23.6 Å². The predicted octanol–water partition coefficient (Wildman–Crippen LogP) is 6.41. The Morgan fingerprint density at radius 1 is 1.02 bits per heavy atom. The normalized spacial score (nSPS) is 16.8. The number of hydrogen-bond donors (Lipinski definition) is 2. The smallest absolute Gasteiger partial charge is 0.237 e. The Morgan fingerprint density at radius 2 is 1.74 bits per heavy atom. The summed E-state index contributed by atoms with van der Waals surface area (Å²) >= 11 is 0. The van der Waals surface area contributed by atoms with Crippen LogP contribution < -0.4 is 10.6 Å². The Bertz CT molecular complexity index is 1910. The molecule has 0 fully saturated rings. The van der Waals surface area contributed by atoms with E-state index in [1.165, 1.54) is 6.26 Å². The molecule has 2 N–H and O–H groups in total. The van der Waals surface area contributed by atoms with Gasteiger partial charge < -0.3 is 15.1 Å². The lowest BCUT2D eigenvalue weighted by Gasteiger charge is -2.38. The van der Waals surface area contributed by atoms with Crippen LogP contribution >= 0.6 is 0 Å². The number of carbonyl (C=O) groups is 1. The highest BCUT2D eigenvalue weighted by molar-refractivity contribution is 7.90. The summed E-state index contributed by atoms with van der Waals surface area (Å²) in [6.07, 6.45) is 4.62. The van der Waals surface area contributed by atoms with E-state index in [-0.39, 0.29) is 15.8 Å². The average Bonchev–Trinajstić information content (AvgIpc) is 3.19. The summed E-state index contributed by atoms with van der Waals surface area (Å²) in [7, 11) is -5.30. The fourth-order valence-corrected chi connectivity index (χ4v) is 6.28. The molecule has 222 valence electrons. The number of sulfone groups is 1. The quantitative estimate of drug-likeness (QED) is 0.191. The molecule has 2 aromatic heterocycles. The first kappa shape index (κ1) is 30.4. The molecule has 5 rings (SSSR count). The van der Waals surface area contributed by atoms with E-state index in [1.54, 1.807) is 36.7 Å². The van der Waals surface area contributed by atoms with Gasteiger partial charge in [0.25, 0.3) is 0 Å². The van der Waals surface area contributed by atoms with Crippen LogP contribution in [0.3, 0.4) is 0 Å². The van der Waals surface area contributed by atoms with Crippen LogP contribution in [0.25, 0.3) is 10.8 Å². The van der Waals surface area contributed by atoms with E-state index in [0.717, 1.165) is 27.6 Å². The molecule has 3 heterocycles. The zero-order chi connectivity index (χ0) is 31.2. The number of anilines is 3. The number of amides is 1. The minimum absolute atomic E-state index is 0.0505. The van der Waals surface area contributed by atoms with Crippen molar-refractivity contribution in [3.05, 3.63) is 83.8 Å². The Balaban J connectivity index is 1.39. The number of rotatable bonds is 6. The van der Waals surface area contributed by atoms with Crippen LogP contribution in [-0.4, -0.2) is 45.5 Å². The van der Waals surface area contributed by atoms with Crippen LogP contribution in [0.5, 0.6) is 0 Å². The second-order valence-electron chi connectivity index (χ2n) is 12.7. The van der Waals surface area contributed by atoms with Crippen LogP contribution in [0.4, 0.5) is 17.2 Å². The molecule has 1 unspecified atom stereocenters. The molecular formula is C33H36N4O4SSi. The lowest BCUT2D eigenvalue weighted by molar-refractivity contribution is -0.121. The predicted molar refractivity (Wildman–Crippen MR) is 174 cm³/mol. The largest absolute Gasteiger partial charge is 0.415 e. The summed E-state index contributed by atoms with van der Waals surface area (Å²) < 4.78 is 30.0. The van der Waals surface area contributed by atoms with Crippen molar-refractivity contribution in [3.63, 3.8) is 0 Å². The molecule has 4 aromatic rings. The van der Waals surface area contributed by atoms with E-state index in [0.29, 0.717) is 23.8 Å². The van der Waals surface area contributed by atoms with Gasteiger partial charge in [0.1, 0.15) is 11.5 Å². The molecule has 10 heteroatoms. The van der Waals surface area contributed by atoms with Crippen LogP contribution in [-0.2, 0) is 24.5 Å². The van der Waals surface area contributed by atoms with Gasteiger partial charge in [-0.2, -0.15) is 0 Å². The average molecular weight is 613 g/mol. The molecule has 1 aliphatic rings. The van der Waals surface area contributed by atoms with Crippen molar-refractivity contribution in [2.45, 2.75) is 56.1 Å². The summed E-state index contributed by atoms with van der Waals surface area (Å²) in [6, 6.07) is 16.0. The summed E-state index contributed by atoms with van der Waals surface area (Å²) in [5.74, 6) is 6.90. The van der Waals surface area contributed by atoms with Crippen molar-refractivity contribution in [1.82, 2.24) is 9.97 Å². The topological polar surface area (TPSA) is 110 Å². The molecular weight excluding hydrogens is 577 g/mol. The Morgan fingerprint density at radius 3 is 2.42 bits per heavy atom. The number of aromatic nitrogens is 2. The lowest BCUT2D eigenvalue weighted by Crippen LogP contribution is -2.46. The van der Waals surface area contributed by atoms with Crippen LogP contribution in [0.1, 0.15) is 44.5 Å². The van der Waals surface area contributed by atoms with Crippen molar-refractivity contribution in [2.75, 3.05) is 23.5 Å². The van der Waals surface area contributed by atoms with E-state index in [1.807, 2.05) is 37.3 Å². The van der Waals surface area contributed by atoms with E-state index in [9.17, 15) is 13.2 Å². The highest BCUT2D eigenvalue weighted by Gasteiger charge is 2.46. The van der Waals surface area contributed by atoms with Gasteiger partial charge in [-0.15, -0.1) is 0 Å². The summed E-state index contributed by atoms with van der Waals surface area (Å²) in [6.45, 7) is 13.2. The minimum Gasteiger partial charge on any atom is -0.415 e. The summed E-state index contributed by atoms with van der Waals surface area (Å²) in [5.41, 5.74) is 2.95. The lowest BCUT2D eigenvalue weighted by atomic mass is 9.84. The van der Waals surface area contributed by atoms with Gasteiger partial charge >= 0.3 is 0 Å². The van der Waals surface area contributed by atoms with Gasteiger partial charge in [-0.1, -0.05) is 32.8 Å². The van der Waals surface area contributed by atoms with E-state index in [4.69, 9.17) is 4.43 Å². The van der Waals surface area contributed by atoms with Crippen molar-refractivity contribution in [3.8, 4) is 11.8 Å².